The van der Waals surface area contributed by atoms with Crippen molar-refractivity contribution in [3.05, 3.63) is 18.5 Å². The zero-order valence-electron chi connectivity index (χ0n) is 14.6. The number of amides is 1. The molecule has 1 aliphatic rings. The van der Waals surface area contributed by atoms with Gasteiger partial charge in [0.1, 0.15) is 6.54 Å². The van der Waals surface area contributed by atoms with Gasteiger partial charge in [-0.25, -0.2) is 4.98 Å². The average molecular weight is 345 g/mol. The fraction of sp³-hybridized carbons (Fsp3) is 0.529. The maximum atomic E-state index is 12.2. The number of rotatable bonds is 5. The van der Waals surface area contributed by atoms with E-state index in [1.807, 2.05) is 19.3 Å². The molecule has 0 radical (unpaired) electrons. The molecule has 0 aliphatic carbocycles. The number of nitrogens with one attached hydrogen (secondary N) is 1. The lowest BCUT2D eigenvalue weighted by Gasteiger charge is -2.33. The summed E-state index contributed by atoms with van der Waals surface area (Å²) < 4.78 is 6.58. The molecule has 0 aromatic carbocycles. The molecule has 3 rings (SSSR count). The molecule has 8 heteroatoms. The lowest BCUT2D eigenvalue weighted by Crippen LogP contribution is -2.42. The molecule has 1 saturated heterocycles. The summed E-state index contributed by atoms with van der Waals surface area (Å²) in [4.78, 5) is 30.2. The molecular formula is C17H23N5O3. The second kappa shape index (κ2) is 7.50. The number of anilines is 1. The summed E-state index contributed by atoms with van der Waals surface area (Å²) in [6, 6.07) is 1.99. The van der Waals surface area contributed by atoms with E-state index in [0.29, 0.717) is 6.61 Å². The van der Waals surface area contributed by atoms with Gasteiger partial charge in [0.15, 0.2) is 5.65 Å². The smallest absolute Gasteiger partial charge is 0.325 e. The minimum Gasteiger partial charge on any atom is -0.465 e. The number of hydrogen-bond donors (Lipinski definition) is 1. The molecule has 0 bridgehead atoms. The predicted molar refractivity (Wildman–Crippen MR) is 93.1 cm³/mol. The van der Waals surface area contributed by atoms with E-state index in [1.165, 1.54) is 0 Å². The van der Waals surface area contributed by atoms with Crippen LogP contribution in [-0.2, 0) is 21.4 Å². The van der Waals surface area contributed by atoms with Crippen LogP contribution < -0.4 is 10.2 Å². The van der Waals surface area contributed by atoms with Crippen molar-refractivity contribution in [1.82, 2.24) is 20.1 Å². The maximum Gasteiger partial charge on any atom is 0.325 e. The summed E-state index contributed by atoms with van der Waals surface area (Å²) >= 11 is 0. The third-order valence-corrected chi connectivity index (χ3v) is 4.53. The van der Waals surface area contributed by atoms with E-state index >= 15 is 0 Å². The number of aromatic nitrogens is 3. The second-order valence-electron chi connectivity index (χ2n) is 6.12. The molecule has 134 valence electrons. The molecule has 0 spiro atoms. The van der Waals surface area contributed by atoms with Crippen LogP contribution in [0, 0.1) is 5.92 Å². The van der Waals surface area contributed by atoms with Crippen molar-refractivity contribution in [2.24, 2.45) is 13.0 Å². The quantitative estimate of drug-likeness (QED) is 0.809. The summed E-state index contributed by atoms with van der Waals surface area (Å²) in [6.45, 7) is 3.57. The monoisotopic (exact) mass is 345 g/mol. The van der Waals surface area contributed by atoms with Crippen molar-refractivity contribution < 1.29 is 14.3 Å². The van der Waals surface area contributed by atoms with Gasteiger partial charge in [0.25, 0.3) is 0 Å². The Morgan fingerprint density at radius 1 is 1.36 bits per heavy atom. The van der Waals surface area contributed by atoms with Gasteiger partial charge in [-0.15, -0.1) is 0 Å². The fourth-order valence-electron chi connectivity index (χ4n) is 3.21. The third-order valence-electron chi connectivity index (χ3n) is 4.53. The van der Waals surface area contributed by atoms with E-state index < -0.39 is 5.97 Å². The van der Waals surface area contributed by atoms with Gasteiger partial charge in [0.05, 0.1) is 23.9 Å². The largest absolute Gasteiger partial charge is 0.465 e. The fourth-order valence-corrected chi connectivity index (χ4v) is 3.21. The van der Waals surface area contributed by atoms with Crippen LogP contribution in [0.4, 0.5) is 5.69 Å². The van der Waals surface area contributed by atoms with Gasteiger partial charge in [-0.05, 0) is 25.8 Å². The van der Waals surface area contributed by atoms with E-state index in [0.717, 1.165) is 42.7 Å². The number of aryl methyl sites for hydroxylation is 1. The van der Waals surface area contributed by atoms with E-state index in [9.17, 15) is 9.59 Å². The van der Waals surface area contributed by atoms with Crippen LogP contribution in [0.1, 0.15) is 19.8 Å². The standard InChI is InChI=1S/C17H23N5O3/c1-3-25-15(23)11-19-17(24)12-5-8-22(9-6-12)14-4-7-18-16-13(14)10-20-21(16)2/h4,7,10,12H,3,5-6,8-9,11H2,1-2H3,(H,19,24). The first kappa shape index (κ1) is 17.2. The molecule has 1 amide bonds. The van der Waals surface area contributed by atoms with Crippen LogP contribution in [-0.4, -0.2) is 52.9 Å². The first-order valence-electron chi connectivity index (χ1n) is 8.55. The molecule has 0 saturated carbocycles. The number of piperidine rings is 1. The number of hydrogen-bond acceptors (Lipinski definition) is 6. The van der Waals surface area contributed by atoms with Crippen LogP contribution in [0.2, 0.25) is 0 Å². The number of pyridine rings is 1. The third kappa shape index (κ3) is 3.72. The Bertz CT molecular complexity index is 765. The summed E-state index contributed by atoms with van der Waals surface area (Å²) in [5.41, 5.74) is 1.95. The normalized spacial score (nSPS) is 15.4. The summed E-state index contributed by atoms with van der Waals surface area (Å²) in [5, 5.41) is 7.96. The highest BCUT2D eigenvalue weighted by Gasteiger charge is 2.26. The highest BCUT2D eigenvalue weighted by Crippen LogP contribution is 2.28. The molecule has 3 heterocycles. The van der Waals surface area contributed by atoms with E-state index in [1.54, 1.807) is 17.8 Å². The van der Waals surface area contributed by atoms with Crippen molar-refractivity contribution in [1.29, 1.82) is 0 Å². The zero-order chi connectivity index (χ0) is 17.8. The van der Waals surface area contributed by atoms with E-state index in [-0.39, 0.29) is 18.4 Å². The van der Waals surface area contributed by atoms with Crippen molar-refractivity contribution >= 4 is 28.6 Å². The Morgan fingerprint density at radius 3 is 2.84 bits per heavy atom. The van der Waals surface area contributed by atoms with Crippen molar-refractivity contribution in [3.8, 4) is 0 Å². The van der Waals surface area contributed by atoms with Gasteiger partial charge in [0.2, 0.25) is 5.91 Å². The first-order chi connectivity index (χ1) is 12.1. The van der Waals surface area contributed by atoms with E-state index in [4.69, 9.17) is 4.74 Å². The molecule has 0 atom stereocenters. The molecule has 0 unspecified atom stereocenters. The lowest BCUT2D eigenvalue weighted by atomic mass is 9.95. The van der Waals surface area contributed by atoms with Crippen LogP contribution in [0.3, 0.4) is 0 Å². The zero-order valence-corrected chi connectivity index (χ0v) is 14.6. The molecular weight excluding hydrogens is 322 g/mol. The number of carbonyl (C=O) groups excluding carboxylic acids is 2. The van der Waals surface area contributed by atoms with Crippen molar-refractivity contribution in [3.63, 3.8) is 0 Å². The topological polar surface area (TPSA) is 89.3 Å². The van der Waals surface area contributed by atoms with Crippen molar-refractivity contribution in [2.75, 3.05) is 31.1 Å². The van der Waals surface area contributed by atoms with Gasteiger partial charge in [-0.2, -0.15) is 5.10 Å². The van der Waals surface area contributed by atoms with Gasteiger partial charge >= 0.3 is 5.97 Å². The molecule has 1 fully saturated rings. The predicted octanol–water partition coefficient (Wildman–Crippen LogP) is 0.864. The molecule has 1 N–H and O–H groups in total. The Balaban J connectivity index is 1.58. The van der Waals surface area contributed by atoms with Gasteiger partial charge in [0, 0.05) is 32.3 Å². The lowest BCUT2D eigenvalue weighted by molar-refractivity contribution is -0.143. The van der Waals surface area contributed by atoms with Crippen molar-refractivity contribution in [2.45, 2.75) is 19.8 Å². The average Bonchev–Trinajstić information content (AvgIpc) is 3.01. The summed E-state index contributed by atoms with van der Waals surface area (Å²) in [7, 11) is 1.87. The van der Waals surface area contributed by atoms with Gasteiger partial charge in [-0.1, -0.05) is 0 Å². The Labute approximate surface area is 146 Å². The number of carbonyl (C=O) groups is 2. The Morgan fingerprint density at radius 2 is 2.12 bits per heavy atom. The first-order valence-corrected chi connectivity index (χ1v) is 8.55. The highest BCUT2D eigenvalue weighted by molar-refractivity contribution is 5.89. The second-order valence-corrected chi connectivity index (χ2v) is 6.12. The minimum absolute atomic E-state index is 0.0620. The van der Waals surface area contributed by atoms with E-state index in [2.05, 4.69) is 20.3 Å². The molecule has 1 aliphatic heterocycles. The van der Waals surface area contributed by atoms with Gasteiger partial charge < -0.3 is 15.0 Å². The van der Waals surface area contributed by atoms with Crippen LogP contribution in [0.15, 0.2) is 18.5 Å². The Hall–Kier alpha value is -2.64. The molecule has 8 nitrogen and oxygen atoms in total. The Kier molecular flexibility index (Phi) is 5.16. The highest BCUT2D eigenvalue weighted by atomic mass is 16.5. The number of fused-ring (bicyclic) bond motifs is 1. The molecule has 2 aromatic rings. The number of esters is 1. The number of nitrogens with zero attached hydrogens (tertiary/aromatic N) is 4. The van der Waals surface area contributed by atoms with Crippen LogP contribution >= 0.6 is 0 Å². The summed E-state index contributed by atoms with van der Waals surface area (Å²) in [6.07, 6.45) is 5.12. The minimum atomic E-state index is -0.399. The molecule has 25 heavy (non-hydrogen) atoms. The molecule has 2 aromatic heterocycles. The summed E-state index contributed by atoms with van der Waals surface area (Å²) in [5.74, 6) is -0.546. The van der Waals surface area contributed by atoms with Crippen LogP contribution in [0.5, 0.6) is 0 Å². The maximum absolute atomic E-state index is 12.2. The number of ether oxygens (including phenoxy) is 1. The SMILES string of the molecule is CCOC(=O)CNC(=O)C1CCN(c2ccnc3c2cnn3C)CC1. The van der Waals surface area contributed by atoms with Gasteiger partial charge in [-0.3, -0.25) is 14.3 Å². The van der Waals surface area contributed by atoms with Crippen LogP contribution in [0.25, 0.3) is 11.0 Å².